The first kappa shape index (κ1) is 21.1. The van der Waals surface area contributed by atoms with Crippen LogP contribution in [0, 0.1) is 5.92 Å². The molecule has 3 heterocycles. The molecule has 1 fully saturated rings. The second kappa shape index (κ2) is 9.33. The highest BCUT2D eigenvalue weighted by atomic mass is 35.5. The minimum absolute atomic E-state index is 0.00631. The van der Waals surface area contributed by atoms with E-state index < -0.39 is 0 Å². The van der Waals surface area contributed by atoms with E-state index in [1.54, 1.807) is 17.4 Å². The van der Waals surface area contributed by atoms with Crippen molar-refractivity contribution >= 4 is 28.8 Å². The Morgan fingerprint density at radius 1 is 1.23 bits per heavy atom. The van der Waals surface area contributed by atoms with Crippen LogP contribution in [0.3, 0.4) is 0 Å². The van der Waals surface area contributed by atoms with Crippen molar-refractivity contribution in [2.75, 3.05) is 26.3 Å². The summed E-state index contributed by atoms with van der Waals surface area (Å²) in [5, 5.41) is 7.19. The SMILES string of the molecule is CC(C)CCn1nccc1-c1cc(-c2ccc(C(=O)N3CCOCC3)cc2Cl)cs1. The Hall–Kier alpha value is -2.15. The fourth-order valence-electron chi connectivity index (χ4n) is 3.54. The molecule has 0 spiro atoms. The van der Waals surface area contributed by atoms with E-state index in [-0.39, 0.29) is 5.91 Å². The number of morpholine rings is 1. The van der Waals surface area contributed by atoms with Crippen molar-refractivity contribution in [2.24, 2.45) is 5.92 Å². The predicted octanol–water partition coefficient (Wildman–Crippen LogP) is 5.45. The van der Waals surface area contributed by atoms with Crippen LogP contribution >= 0.6 is 22.9 Å². The highest BCUT2D eigenvalue weighted by molar-refractivity contribution is 7.14. The maximum Gasteiger partial charge on any atom is 0.254 e. The van der Waals surface area contributed by atoms with E-state index in [0.717, 1.165) is 34.7 Å². The topological polar surface area (TPSA) is 47.4 Å². The number of carbonyl (C=O) groups is 1. The quantitative estimate of drug-likeness (QED) is 0.508. The fourth-order valence-corrected chi connectivity index (χ4v) is 4.77. The van der Waals surface area contributed by atoms with Gasteiger partial charge in [0.05, 0.1) is 23.8 Å². The maximum absolute atomic E-state index is 12.7. The van der Waals surface area contributed by atoms with Gasteiger partial charge in [0.1, 0.15) is 0 Å². The van der Waals surface area contributed by atoms with E-state index in [0.29, 0.717) is 42.8 Å². The first-order valence-electron chi connectivity index (χ1n) is 10.3. The Morgan fingerprint density at radius 2 is 2.03 bits per heavy atom. The molecule has 0 saturated carbocycles. The van der Waals surface area contributed by atoms with E-state index in [1.807, 2.05) is 23.2 Å². The number of aryl methyl sites for hydroxylation is 1. The summed E-state index contributed by atoms with van der Waals surface area (Å²) in [5.41, 5.74) is 3.74. The van der Waals surface area contributed by atoms with E-state index in [4.69, 9.17) is 16.3 Å². The Labute approximate surface area is 186 Å². The lowest BCUT2D eigenvalue weighted by Gasteiger charge is -2.27. The summed E-state index contributed by atoms with van der Waals surface area (Å²) >= 11 is 8.27. The zero-order chi connectivity index (χ0) is 21.1. The van der Waals surface area contributed by atoms with Gasteiger partial charge >= 0.3 is 0 Å². The van der Waals surface area contributed by atoms with Gasteiger partial charge in [-0.3, -0.25) is 9.48 Å². The third-order valence-corrected chi connectivity index (χ3v) is 6.58. The summed E-state index contributed by atoms with van der Waals surface area (Å²) in [4.78, 5) is 15.7. The molecule has 2 aromatic heterocycles. The van der Waals surface area contributed by atoms with Crippen LogP contribution in [0.25, 0.3) is 21.7 Å². The van der Waals surface area contributed by atoms with Gasteiger partial charge in [0, 0.05) is 42.0 Å². The minimum Gasteiger partial charge on any atom is -0.378 e. The molecule has 0 aliphatic carbocycles. The Balaban J connectivity index is 1.54. The first-order valence-corrected chi connectivity index (χ1v) is 11.6. The molecule has 0 N–H and O–H groups in total. The van der Waals surface area contributed by atoms with Crippen molar-refractivity contribution in [2.45, 2.75) is 26.8 Å². The fraction of sp³-hybridized carbons (Fsp3) is 0.391. The summed E-state index contributed by atoms with van der Waals surface area (Å²) in [6, 6.07) is 9.79. The summed E-state index contributed by atoms with van der Waals surface area (Å²) in [5.74, 6) is 0.644. The molecule has 0 atom stereocenters. The largest absolute Gasteiger partial charge is 0.378 e. The van der Waals surface area contributed by atoms with Crippen LogP contribution in [0.2, 0.25) is 5.02 Å². The monoisotopic (exact) mass is 443 g/mol. The summed E-state index contributed by atoms with van der Waals surface area (Å²) in [6.07, 6.45) is 2.95. The van der Waals surface area contributed by atoms with Crippen LogP contribution < -0.4 is 0 Å². The number of amides is 1. The molecule has 158 valence electrons. The van der Waals surface area contributed by atoms with Crippen molar-refractivity contribution in [3.05, 3.63) is 52.5 Å². The van der Waals surface area contributed by atoms with E-state index in [9.17, 15) is 4.79 Å². The lowest BCUT2D eigenvalue weighted by molar-refractivity contribution is 0.0303. The number of halogens is 1. The lowest BCUT2D eigenvalue weighted by Crippen LogP contribution is -2.40. The Bertz CT molecular complexity index is 1020. The van der Waals surface area contributed by atoms with Crippen LogP contribution in [-0.4, -0.2) is 46.9 Å². The molecule has 4 rings (SSSR count). The van der Waals surface area contributed by atoms with Crippen molar-refractivity contribution in [1.29, 1.82) is 0 Å². The highest BCUT2D eigenvalue weighted by Gasteiger charge is 2.20. The minimum atomic E-state index is 0.00631. The molecular weight excluding hydrogens is 418 g/mol. The predicted molar refractivity (Wildman–Crippen MR) is 122 cm³/mol. The number of carbonyl (C=O) groups excluding carboxylic acids is 1. The smallest absolute Gasteiger partial charge is 0.254 e. The normalized spacial score (nSPS) is 14.5. The van der Waals surface area contributed by atoms with E-state index >= 15 is 0 Å². The molecule has 1 saturated heterocycles. The standard InChI is InChI=1S/C23H26ClN3O2S/c1-16(2)6-8-27-21(5-7-25-27)22-14-18(15-30-22)19-4-3-17(13-20(19)24)23(28)26-9-11-29-12-10-26/h3-5,7,13-16H,6,8-12H2,1-2H3. The molecule has 30 heavy (non-hydrogen) atoms. The van der Waals surface area contributed by atoms with Crippen LogP contribution in [-0.2, 0) is 11.3 Å². The molecule has 1 aliphatic rings. The number of nitrogens with zero attached hydrogens (tertiary/aromatic N) is 3. The molecule has 7 heteroatoms. The number of thiophene rings is 1. The zero-order valence-electron chi connectivity index (χ0n) is 17.3. The maximum atomic E-state index is 12.7. The molecule has 5 nitrogen and oxygen atoms in total. The van der Waals surface area contributed by atoms with Gasteiger partial charge in [-0.25, -0.2) is 0 Å². The molecule has 1 amide bonds. The van der Waals surface area contributed by atoms with Crippen LogP contribution in [0.4, 0.5) is 0 Å². The summed E-state index contributed by atoms with van der Waals surface area (Å²) in [6.45, 7) is 7.77. The average molecular weight is 444 g/mol. The number of hydrogen-bond donors (Lipinski definition) is 0. The molecule has 0 bridgehead atoms. The molecule has 1 aliphatic heterocycles. The number of ether oxygens (including phenoxy) is 1. The van der Waals surface area contributed by atoms with Crippen molar-refractivity contribution < 1.29 is 9.53 Å². The van der Waals surface area contributed by atoms with Gasteiger partial charge < -0.3 is 9.64 Å². The van der Waals surface area contributed by atoms with Gasteiger partial charge in [-0.05, 0) is 47.5 Å². The second-order valence-electron chi connectivity index (χ2n) is 7.92. The number of benzene rings is 1. The molecule has 0 radical (unpaired) electrons. The van der Waals surface area contributed by atoms with Gasteiger partial charge in [-0.2, -0.15) is 5.10 Å². The zero-order valence-corrected chi connectivity index (χ0v) is 18.9. The molecule has 1 aromatic carbocycles. The highest BCUT2D eigenvalue weighted by Crippen LogP contribution is 2.36. The van der Waals surface area contributed by atoms with Gasteiger partial charge in [0.15, 0.2) is 0 Å². The van der Waals surface area contributed by atoms with Crippen molar-refractivity contribution in [1.82, 2.24) is 14.7 Å². The molecule has 0 unspecified atom stereocenters. The Morgan fingerprint density at radius 3 is 2.77 bits per heavy atom. The van der Waals surface area contributed by atoms with Crippen molar-refractivity contribution in [3.8, 4) is 21.7 Å². The summed E-state index contributed by atoms with van der Waals surface area (Å²) in [7, 11) is 0. The Kier molecular flexibility index (Phi) is 6.56. The van der Waals surface area contributed by atoms with Crippen LogP contribution in [0.1, 0.15) is 30.6 Å². The summed E-state index contributed by atoms with van der Waals surface area (Å²) < 4.78 is 7.40. The van der Waals surface area contributed by atoms with Gasteiger partial charge in [0.2, 0.25) is 0 Å². The average Bonchev–Trinajstić information content (AvgIpc) is 3.41. The number of hydrogen-bond acceptors (Lipinski definition) is 4. The van der Waals surface area contributed by atoms with Gasteiger partial charge in [-0.1, -0.05) is 31.5 Å². The van der Waals surface area contributed by atoms with Crippen molar-refractivity contribution in [3.63, 3.8) is 0 Å². The second-order valence-corrected chi connectivity index (χ2v) is 9.24. The van der Waals surface area contributed by atoms with Crippen LogP contribution in [0.5, 0.6) is 0 Å². The number of aromatic nitrogens is 2. The van der Waals surface area contributed by atoms with Crippen LogP contribution in [0.15, 0.2) is 41.9 Å². The molecule has 3 aromatic rings. The number of rotatable bonds is 6. The van der Waals surface area contributed by atoms with Gasteiger partial charge in [0.25, 0.3) is 5.91 Å². The van der Waals surface area contributed by atoms with E-state index in [2.05, 4.69) is 41.1 Å². The molecular formula is C23H26ClN3O2S. The third-order valence-electron chi connectivity index (χ3n) is 5.31. The van der Waals surface area contributed by atoms with Gasteiger partial charge in [-0.15, -0.1) is 11.3 Å². The third kappa shape index (κ3) is 4.61. The lowest BCUT2D eigenvalue weighted by atomic mass is 10.0. The van der Waals surface area contributed by atoms with E-state index in [1.165, 1.54) is 0 Å². The first-order chi connectivity index (χ1) is 14.5.